The topological polar surface area (TPSA) is 61.9 Å². The van der Waals surface area contributed by atoms with Gasteiger partial charge in [0.25, 0.3) is 0 Å². The van der Waals surface area contributed by atoms with Crippen LogP contribution in [0.4, 0.5) is 19.3 Å². The molecule has 0 radical (unpaired) electrons. The summed E-state index contributed by atoms with van der Waals surface area (Å²) in [5.74, 6) is -0.0291. The fourth-order valence-corrected chi connectivity index (χ4v) is 3.29. The van der Waals surface area contributed by atoms with Crippen molar-refractivity contribution in [3.8, 4) is 5.75 Å². The Labute approximate surface area is 178 Å². The van der Waals surface area contributed by atoms with Crippen molar-refractivity contribution in [2.75, 3.05) is 31.5 Å². The van der Waals surface area contributed by atoms with Crippen LogP contribution < -0.4 is 10.1 Å². The molecule has 0 aromatic heterocycles. The first-order valence-electron chi connectivity index (χ1n) is 9.45. The second kappa shape index (κ2) is 9.75. The van der Waals surface area contributed by atoms with Crippen LogP contribution in [-0.2, 0) is 11.2 Å². The number of hydrogen-bond donors (Lipinski definition) is 1. The zero-order valence-corrected chi connectivity index (χ0v) is 17.2. The van der Waals surface area contributed by atoms with Crippen molar-refractivity contribution in [2.24, 2.45) is 0 Å². The Hall–Kier alpha value is -2.87. The summed E-state index contributed by atoms with van der Waals surface area (Å²) in [7, 11) is 0. The summed E-state index contributed by atoms with van der Waals surface area (Å²) >= 11 is 6.08. The highest BCUT2D eigenvalue weighted by Crippen LogP contribution is 2.20. The van der Waals surface area contributed by atoms with E-state index < -0.39 is 6.61 Å². The summed E-state index contributed by atoms with van der Waals surface area (Å²) in [6, 6.07) is 11.1. The molecular weight excluding hydrogens is 416 g/mol. The molecule has 0 saturated carbocycles. The lowest BCUT2D eigenvalue weighted by molar-refractivity contribution is -0.131. The Kier molecular flexibility index (Phi) is 7.10. The predicted octanol–water partition coefficient (Wildman–Crippen LogP) is 4.17. The molecule has 0 unspecified atom stereocenters. The highest BCUT2D eigenvalue weighted by molar-refractivity contribution is 6.31. The number of carbonyl (C=O) groups is 2. The lowest BCUT2D eigenvalue weighted by Crippen LogP contribution is -2.52. The smallest absolute Gasteiger partial charge is 0.387 e. The van der Waals surface area contributed by atoms with Crippen molar-refractivity contribution < 1.29 is 23.1 Å². The minimum absolute atomic E-state index is 0.0516. The maximum absolute atomic E-state index is 12.5. The number of nitrogens with zero attached hydrogens (tertiary/aromatic N) is 2. The molecule has 3 amide bonds. The summed E-state index contributed by atoms with van der Waals surface area (Å²) in [6.07, 6.45) is 0.156. The third-order valence-corrected chi connectivity index (χ3v) is 5.25. The third kappa shape index (κ3) is 5.82. The highest BCUT2D eigenvalue weighted by Gasteiger charge is 2.24. The van der Waals surface area contributed by atoms with Gasteiger partial charge in [0.1, 0.15) is 5.75 Å². The van der Waals surface area contributed by atoms with Gasteiger partial charge in [-0.2, -0.15) is 8.78 Å². The van der Waals surface area contributed by atoms with E-state index in [-0.39, 0.29) is 24.1 Å². The van der Waals surface area contributed by atoms with Crippen LogP contribution in [0, 0.1) is 6.92 Å². The van der Waals surface area contributed by atoms with Crippen molar-refractivity contribution in [1.29, 1.82) is 0 Å². The molecule has 2 aromatic carbocycles. The molecule has 3 rings (SSSR count). The zero-order valence-electron chi connectivity index (χ0n) is 16.4. The summed E-state index contributed by atoms with van der Waals surface area (Å²) in [5.41, 5.74) is 2.25. The Morgan fingerprint density at radius 2 is 1.70 bits per heavy atom. The van der Waals surface area contributed by atoms with E-state index in [2.05, 4.69) is 10.1 Å². The van der Waals surface area contributed by atoms with Gasteiger partial charge in [-0.05, 0) is 42.3 Å². The number of alkyl halides is 2. The van der Waals surface area contributed by atoms with Gasteiger partial charge in [-0.1, -0.05) is 29.8 Å². The van der Waals surface area contributed by atoms with Crippen LogP contribution in [0.25, 0.3) is 0 Å². The molecule has 1 aliphatic heterocycles. The average Bonchev–Trinajstić information content (AvgIpc) is 2.72. The molecule has 0 spiro atoms. The van der Waals surface area contributed by atoms with Crippen molar-refractivity contribution in [1.82, 2.24) is 9.80 Å². The third-order valence-electron chi connectivity index (χ3n) is 4.85. The Balaban J connectivity index is 1.47. The Morgan fingerprint density at radius 1 is 1.07 bits per heavy atom. The molecule has 6 nitrogen and oxygen atoms in total. The van der Waals surface area contributed by atoms with E-state index in [0.717, 1.165) is 5.56 Å². The molecular formula is C21H22ClF2N3O3. The monoisotopic (exact) mass is 437 g/mol. The van der Waals surface area contributed by atoms with Crippen molar-refractivity contribution >= 4 is 29.2 Å². The van der Waals surface area contributed by atoms with Crippen LogP contribution in [0.3, 0.4) is 0 Å². The van der Waals surface area contributed by atoms with Gasteiger partial charge in [-0.25, -0.2) is 4.79 Å². The largest absolute Gasteiger partial charge is 0.435 e. The molecule has 0 atom stereocenters. The number of amides is 3. The molecule has 1 saturated heterocycles. The number of aryl methyl sites for hydroxylation is 1. The maximum Gasteiger partial charge on any atom is 0.387 e. The molecule has 1 aliphatic rings. The summed E-state index contributed by atoms with van der Waals surface area (Å²) in [6.45, 7) is 0.682. The Morgan fingerprint density at radius 3 is 2.30 bits per heavy atom. The number of carbonyl (C=O) groups excluding carboxylic acids is 2. The van der Waals surface area contributed by atoms with Crippen molar-refractivity contribution in [3.05, 3.63) is 58.6 Å². The lowest BCUT2D eigenvalue weighted by atomic mass is 10.1. The van der Waals surface area contributed by atoms with Crippen LogP contribution in [0.5, 0.6) is 5.75 Å². The number of nitrogens with one attached hydrogen (secondary N) is 1. The number of anilines is 1. The SMILES string of the molecule is Cc1ccc(NC(=O)N2CCN(C(=O)Cc3ccc(OC(F)F)cc3)CC2)cc1Cl. The summed E-state index contributed by atoms with van der Waals surface area (Å²) in [4.78, 5) is 28.3. The van der Waals surface area contributed by atoms with E-state index >= 15 is 0 Å². The summed E-state index contributed by atoms with van der Waals surface area (Å²) in [5, 5.41) is 3.40. The van der Waals surface area contributed by atoms with E-state index in [1.165, 1.54) is 12.1 Å². The number of hydrogen-bond acceptors (Lipinski definition) is 3. The van der Waals surface area contributed by atoms with Crippen LogP contribution in [0.15, 0.2) is 42.5 Å². The van der Waals surface area contributed by atoms with E-state index in [0.29, 0.717) is 42.5 Å². The first-order valence-corrected chi connectivity index (χ1v) is 9.83. The van der Waals surface area contributed by atoms with E-state index in [9.17, 15) is 18.4 Å². The van der Waals surface area contributed by atoms with Gasteiger partial charge in [0.05, 0.1) is 6.42 Å². The minimum atomic E-state index is -2.88. The average molecular weight is 438 g/mol. The Bertz CT molecular complexity index is 901. The molecule has 1 N–H and O–H groups in total. The zero-order chi connectivity index (χ0) is 21.7. The van der Waals surface area contributed by atoms with Crippen molar-refractivity contribution in [3.63, 3.8) is 0 Å². The van der Waals surface area contributed by atoms with Crippen LogP contribution in [-0.4, -0.2) is 54.5 Å². The first kappa shape index (κ1) is 21.8. The first-order chi connectivity index (χ1) is 14.3. The number of ether oxygens (including phenoxy) is 1. The van der Waals surface area contributed by atoms with Gasteiger partial charge in [-0.15, -0.1) is 0 Å². The van der Waals surface area contributed by atoms with Crippen molar-refractivity contribution in [2.45, 2.75) is 20.0 Å². The second-order valence-corrected chi connectivity index (χ2v) is 7.37. The number of piperazine rings is 1. The molecule has 1 heterocycles. The van der Waals surface area contributed by atoms with E-state index in [4.69, 9.17) is 11.6 Å². The van der Waals surface area contributed by atoms with E-state index in [1.807, 2.05) is 13.0 Å². The molecule has 1 fully saturated rings. The maximum atomic E-state index is 12.5. The fraction of sp³-hybridized carbons (Fsp3) is 0.333. The van der Waals surface area contributed by atoms with Gasteiger partial charge in [0.2, 0.25) is 5.91 Å². The molecule has 9 heteroatoms. The number of rotatable bonds is 5. The van der Waals surface area contributed by atoms with Crippen LogP contribution in [0.2, 0.25) is 5.02 Å². The van der Waals surface area contributed by atoms with Gasteiger partial charge in [0, 0.05) is 36.9 Å². The number of benzene rings is 2. The van der Waals surface area contributed by atoms with E-state index in [1.54, 1.807) is 34.1 Å². The number of urea groups is 1. The molecule has 0 bridgehead atoms. The van der Waals surface area contributed by atoms with Gasteiger partial charge in [0.15, 0.2) is 0 Å². The molecule has 160 valence electrons. The normalized spacial score (nSPS) is 14.0. The highest BCUT2D eigenvalue weighted by atomic mass is 35.5. The van der Waals surface area contributed by atoms with Crippen LogP contribution in [0.1, 0.15) is 11.1 Å². The lowest BCUT2D eigenvalue weighted by Gasteiger charge is -2.34. The molecule has 30 heavy (non-hydrogen) atoms. The quantitative estimate of drug-likeness (QED) is 0.763. The summed E-state index contributed by atoms with van der Waals surface area (Å²) < 4.78 is 28.7. The minimum Gasteiger partial charge on any atom is -0.435 e. The fourth-order valence-electron chi connectivity index (χ4n) is 3.11. The van der Waals surface area contributed by atoms with Gasteiger partial charge < -0.3 is 19.9 Å². The second-order valence-electron chi connectivity index (χ2n) is 6.96. The predicted molar refractivity (Wildman–Crippen MR) is 110 cm³/mol. The van der Waals surface area contributed by atoms with Gasteiger partial charge >= 0.3 is 12.6 Å². The van der Waals surface area contributed by atoms with Gasteiger partial charge in [-0.3, -0.25) is 4.79 Å². The number of halogens is 3. The molecule has 2 aromatic rings. The molecule has 0 aliphatic carbocycles. The standard InChI is InChI=1S/C21H22ClF2N3O3/c1-14-2-5-16(13-18(14)22)25-21(29)27-10-8-26(9-11-27)19(28)12-15-3-6-17(7-4-15)30-20(23)24/h2-7,13,20H,8-12H2,1H3,(H,25,29). The van der Waals surface area contributed by atoms with Crippen LogP contribution >= 0.6 is 11.6 Å².